The topological polar surface area (TPSA) is 66.4 Å². The Balaban J connectivity index is 1.87. The molecule has 7 heteroatoms. The van der Waals surface area contributed by atoms with Crippen LogP contribution in [0.5, 0.6) is 11.5 Å². The van der Waals surface area contributed by atoms with E-state index in [0.29, 0.717) is 18.0 Å². The predicted octanol–water partition coefficient (Wildman–Crippen LogP) is 0.401. The molecule has 2 rings (SSSR count). The summed E-state index contributed by atoms with van der Waals surface area (Å²) in [6, 6.07) is 5.41. The van der Waals surface area contributed by atoms with Gasteiger partial charge < -0.3 is 14.4 Å². The summed E-state index contributed by atoms with van der Waals surface area (Å²) in [7, 11) is 5.27. The van der Waals surface area contributed by atoms with Crippen molar-refractivity contribution in [1.29, 1.82) is 0 Å². The predicted molar refractivity (Wildman–Crippen MR) is 89.2 cm³/mol. The van der Waals surface area contributed by atoms with Crippen LogP contribution in [0.3, 0.4) is 0 Å². The van der Waals surface area contributed by atoms with E-state index in [-0.39, 0.29) is 5.91 Å². The Morgan fingerprint density at radius 2 is 2.00 bits per heavy atom. The number of carbonyl (C=O) groups is 1. The zero-order valence-corrected chi connectivity index (χ0v) is 13.9. The second kappa shape index (κ2) is 8.50. The number of hydrogen-bond acceptors (Lipinski definition) is 6. The van der Waals surface area contributed by atoms with Gasteiger partial charge in [0.05, 0.1) is 27.0 Å². The summed E-state index contributed by atoms with van der Waals surface area (Å²) in [6.45, 7) is 4.13. The monoisotopic (exact) mass is 320 g/mol. The lowest BCUT2D eigenvalue weighted by Gasteiger charge is -2.31. The molecule has 1 fully saturated rings. The lowest BCUT2D eigenvalue weighted by molar-refractivity contribution is -0.122. The highest BCUT2D eigenvalue weighted by Gasteiger charge is 2.16. The van der Waals surface area contributed by atoms with Crippen LogP contribution < -0.4 is 14.9 Å². The first kappa shape index (κ1) is 17.2. The first-order chi connectivity index (χ1) is 11.1. The number of rotatable bonds is 6. The Bertz CT molecular complexity index is 554. The molecule has 1 aromatic carbocycles. The molecule has 1 N–H and O–H groups in total. The molecule has 0 bridgehead atoms. The third-order valence-electron chi connectivity index (χ3n) is 3.79. The molecule has 1 aliphatic heterocycles. The number of likely N-dealkylation sites (N-methyl/N-ethyl adjacent to an activating group) is 1. The normalized spacial score (nSPS) is 16.5. The quantitative estimate of drug-likeness (QED) is 0.607. The fourth-order valence-corrected chi connectivity index (χ4v) is 2.36. The first-order valence-corrected chi connectivity index (χ1v) is 7.57. The second-order valence-corrected chi connectivity index (χ2v) is 5.48. The van der Waals surface area contributed by atoms with E-state index in [1.807, 2.05) is 6.07 Å². The van der Waals surface area contributed by atoms with Crippen LogP contribution in [0.25, 0.3) is 0 Å². The standard InChI is InChI=1S/C16H24N4O3/c1-19-6-8-20(9-7-19)12-16(21)18-17-11-13-10-14(22-2)4-5-15(13)23-3/h4-5,10-11H,6-9,12H2,1-3H3,(H,18,21)/b17-11-. The third kappa shape index (κ3) is 5.22. The van der Waals surface area contributed by atoms with Gasteiger partial charge in [-0.3, -0.25) is 9.69 Å². The molecule has 23 heavy (non-hydrogen) atoms. The molecular weight excluding hydrogens is 296 g/mol. The molecule has 1 amide bonds. The summed E-state index contributed by atoms with van der Waals surface area (Å²) >= 11 is 0. The van der Waals surface area contributed by atoms with Crippen molar-refractivity contribution >= 4 is 12.1 Å². The fourth-order valence-electron chi connectivity index (χ4n) is 2.36. The number of hydrogen-bond donors (Lipinski definition) is 1. The summed E-state index contributed by atoms with van der Waals surface area (Å²) in [5.74, 6) is 1.26. The van der Waals surface area contributed by atoms with Crippen LogP contribution in [0.4, 0.5) is 0 Å². The van der Waals surface area contributed by atoms with Crippen LogP contribution in [-0.2, 0) is 4.79 Å². The number of benzene rings is 1. The molecule has 7 nitrogen and oxygen atoms in total. The molecule has 0 unspecified atom stereocenters. The minimum atomic E-state index is -0.118. The van der Waals surface area contributed by atoms with E-state index in [4.69, 9.17) is 9.47 Å². The van der Waals surface area contributed by atoms with E-state index in [9.17, 15) is 4.79 Å². The van der Waals surface area contributed by atoms with Crippen LogP contribution >= 0.6 is 0 Å². The number of nitrogens with zero attached hydrogens (tertiary/aromatic N) is 3. The Kier molecular flexibility index (Phi) is 6.37. The number of methoxy groups -OCH3 is 2. The van der Waals surface area contributed by atoms with Crippen LogP contribution in [-0.4, -0.2) is 75.9 Å². The summed E-state index contributed by atoms with van der Waals surface area (Å²) < 4.78 is 10.4. The van der Waals surface area contributed by atoms with Crippen LogP contribution in [0, 0.1) is 0 Å². The van der Waals surface area contributed by atoms with Gasteiger partial charge in [-0.25, -0.2) is 5.43 Å². The maximum Gasteiger partial charge on any atom is 0.254 e. The van der Waals surface area contributed by atoms with Gasteiger partial charge in [0.25, 0.3) is 5.91 Å². The summed E-state index contributed by atoms with van der Waals surface area (Å²) in [5.41, 5.74) is 3.30. The Hall–Kier alpha value is -2.12. The Morgan fingerprint density at radius 3 is 2.65 bits per heavy atom. The maximum absolute atomic E-state index is 11.9. The molecule has 0 radical (unpaired) electrons. The minimum Gasteiger partial charge on any atom is -0.497 e. The Morgan fingerprint density at radius 1 is 1.26 bits per heavy atom. The summed E-state index contributed by atoms with van der Waals surface area (Å²) in [5, 5.41) is 4.01. The maximum atomic E-state index is 11.9. The molecule has 0 saturated carbocycles. The van der Waals surface area contributed by atoms with Crippen molar-refractivity contribution in [2.75, 3.05) is 54.0 Å². The zero-order valence-electron chi connectivity index (χ0n) is 13.9. The average molecular weight is 320 g/mol. The van der Waals surface area contributed by atoms with Crippen molar-refractivity contribution in [3.63, 3.8) is 0 Å². The van der Waals surface area contributed by atoms with Gasteiger partial charge in [0, 0.05) is 31.7 Å². The zero-order chi connectivity index (χ0) is 16.7. The van der Waals surface area contributed by atoms with Crippen molar-refractivity contribution in [1.82, 2.24) is 15.2 Å². The van der Waals surface area contributed by atoms with Gasteiger partial charge in [0.1, 0.15) is 11.5 Å². The van der Waals surface area contributed by atoms with Gasteiger partial charge in [0.15, 0.2) is 0 Å². The highest BCUT2D eigenvalue weighted by atomic mass is 16.5. The number of nitrogens with one attached hydrogen (secondary N) is 1. The van der Waals surface area contributed by atoms with Crippen molar-refractivity contribution in [2.45, 2.75) is 0 Å². The molecular formula is C16H24N4O3. The van der Waals surface area contributed by atoms with Gasteiger partial charge in [-0.1, -0.05) is 0 Å². The summed E-state index contributed by atoms with van der Waals surface area (Å²) in [6.07, 6.45) is 1.56. The Labute approximate surface area is 136 Å². The van der Waals surface area contributed by atoms with Crippen LogP contribution in [0.1, 0.15) is 5.56 Å². The van der Waals surface area contributed by atoms with Crippen LogP contribution in [0.2, 0.25) is 0 Å². The van der Waals surface area contributed by atoms with Crippen molar-refractivity contribution in [2.24, 2.45) is 5.10 Å². The van der Waals surface area contributed by atoms with Gasteiger partial charge in [0.2, 0.25) is 0 Å². The van der Waals surface area contributed by atoms with Crippen molar-refractivity contribution in [3.05, 3.63) is 23.8 Å². The number of carbonyl (C=O) groups excluding carboxylic acids is 1. The third-order valence-corrected chi connectivity index (χ3v) is 3.79. The van der Waals surface area contributed by atoms with E-state index in [1.54, 1.807) is 32.6 Å². The molecule has 126 valence electrons. The van der Waals surface area contributed by atoms with E-state index in [0.717, 1.165) is 31.7 Å². The number of ether oxygens (including phenoxy) is 2. The molecule has 0 aliphatic carbocycles. The number of hydrazone groups is 1. The highest BCUT2D eigenvalue weighted by Crippen LogP contribution is 2.22. The average Bonchev–Trinajstić information content (AvgIpc) is 2.57. The van der Waals surface area contributed by atoms with Crippen LogP contribution in [0.15, 0.2) is 23.3 Å². The van der Waals surface area contributed by atoms with Gasteiger partial charge in [-0.2, -0.15) is 5.10 Å². The lowest BCUT2D eigenvalue weighted by Crippen LogP contribution is -2.47. The molecule has 1 aromatic rings. The van der Waals surface area contributed by atoms with Crippen molar-refractivity contribution in [3.8, 4) is 11.5 Å². The lowest BCUT2D eigenvalue weighted by atomic mass is 10.2. The molecule has 1 saturated heterocycles. The molecule has 0 aromatic heterocycles. The minimum absolute atomic E-state index is 0.118. The molecule has 1 aliphatic rings. The molecule has 1 heterocycles. The SMILES string of the molecule is COc1ccc(OC)c(/C=N\NC(=O)CN2CCN(C)CC2)c1. The number of amides is 1. The first-order valence-electron chi connectivity index (χ1n) is 7.57. The second-order valence-electron chi connectivity index (χ2n) is 5.48. The largest absolute Gasteiger partial charge is 0.497 e. The summed E-state index contributed by atoms with van der Waals surface area (Å²) in [4.78, 5) is 16.3. The molecule has 0 spiro atoms. The van der Waals surface area contributed by atoms with Gasteiger partial charge in [-0.15, -0.1) is 0 Å². The fraction of sp³-hybridized carbons (Fsp3) is 0.500. The van der Waals surface area contributed by atoms with E-state index in [1.165, 1.54) is 0 Å². The van der Waals surface area contributed by atoms with Crippen molar-refractivity contribution < 1.29 is 14.3 Å². The highest BCUT2D eigenvalue weighted by molar-refractivity contribution is 5.86. The van der Waals surface area contributed by atoms with Gasteiger partial charge >= 0.3 is 0 Å². The smallest absolute Gasteiger partial charge is 0.254 e. The number of piperazine rings is 1. The van der Waals surface area contributed by atoms with E-state index < -0.39 is 0 Å². The van der Waals surface area contributed by atoms with E-state index in [2.05, 4.69) is 27.4 Å². The molecule has 0 atom stereocenters. The van der Waals surface area contributed by atoms with E-state index >= 15 is 0 Å². The van der Waals surface area contributed by atoms with Gasteiger partial charge in [-0.05, 0) is 25.2 Å².